The minimum atomic E-state index is -0.479. The topological polar surface area (TPSA) is 73.3 Å². The van der Waals surface area contributed by atoms with Gasteiger partial charge in [-0.25, -0.2) is 0 Å². The van der Waals surface area contributed by atoms with Crippen LogP contribution in [0.2, 0.25) is 15.1 Å². The molecule has 0 spiro atoms. The molecule has 27 heavy (non-hydrogen) atoms. The number of non-ortho nitro benzene ring substituents is 1. The molecule has 8 heteroatoms. The van der Waals surface area contributed by atoms with E-state index in [0.29, 0.717) is 17.1 Å². The number of allylic oxidation sites excluding steroid dienone is 1. The summed E-state index contributed by atoms with van der Waals surface area (Å²) in [6.45, 7) is 0. The Kier molecular flexibility index (Phi) is 5.65. The van der Waals surface area contributed by atoms with E-state index in [1.54, 1.807) is 24.3 Å². The number of furan rings is 1. The minimum Gasteiger partial charge on any atom is -0.457 e. The van der Waals surface area contributed by atoms with E-state index in [4.69, 9.17) is 39.2 Å². The van der Waals surface area contributed by atoms with E-state index < -0.39 is 4.92 Å². The number of carbonyl (C=O) groups excluding carboxylic acids is 1. The van der Waals surface area contributed by atoms with Crippen LogP contribution in [0.3, 0.4) is 0 Å². The van der Waals surface area contributed by atoms with Crippen LogP contribution in [0, 0.1) is 10.1 Å². The molecule has 2 aromatic carbocycles. The van der Waals surface area contributed by atoms with Crippen molar-refractivity contribution in [1.82, 2.24) is 0 Å². The van der Waals surface area contributed by atoms with E-state index in [2.05, 4.69) is 0 Å². The van der Waals surface area contributed by atoms with E-state index in [0.717, 1.165) is 0 Å². The summed E-state index contributed by atoms with van der Waals surface area (Å²) in [6, 6.07) is 12.4. The quantitative estimate of drug-likeness (QED) is 0.150. The first kappa shape index (κ1) is 19.2. The molecular weight excluding hydrogens is 413 g/mol. The van der Waals surface area contributed by atoms with Gasteiger partial charge >= 0.3 is 0 Å². The van der Waals surface area contributed by atoms with Crippen molar-refractivity contribution in [3.63, 3.8) is 0 Å². The standard InChI is InChI=1S/C19H10Cl3NO4/c20-15-7-6-14(18(21)19(15)22)16(24)8-4-13-5-9-17(27-13)11-2-1-3-12(10-11)23(25)26/h1-10H. The second kappa shape index (κ2) is 7.96. The highest BCUT2D eigenvalue weighted by Crippen LogP contribution is 2.33. The van der Waals surface area contributed by atoms with Gasteiger partial charge in [-0.15, -0.1) is 0 Å². The van der Waals surface area contributed by atoms with Gasteiger partial charge in [-0.05, 0) is 36.4 Å². The Hall–Kier alpha value is -2.60. The molecular formula is C19H10Cl3NO4. The van der Waals surface area contributed by atoms with Gasteiger partial charge in [-0.3, -0.25) is 14.9 Å². The molecule has 0 aliphatic rings. The predicted molar refractivity (Wildman–Crippen MR) is 106 cm³/mol. The monoisotopic (exact) mass is 421 g/mol. The molecule has 0 saturated heterocycles. The summed E-state index contributed by atoms with van der Waals surface area (Å²) >= 11 is 17.8. The summed E-state index contributed by atoms with van der Waals surface area (Å²) < 4.78 is 5.62. The maximum Gasteiger partial charge on any atom is 0.270 e. The number of hydrogen-bond acceptors (Lipinski definition) is 4. The van der Waals surface area contributed by atoms with Crippen molar-refractivity contribution < 1.29 is 14.1 Å². The normalized spacial score (nSPS) is 11.1. The van der Waals surface area contributed by atoms with Crippen LogP contribution in [0.1, 0.15) is 16.1 Å². The Labute approximate surface area is 168 Å². The zero-order valence-electron chi connectivity index (χ0n) is 13.5. The average Bonchev–Trinajstić information content (AvgIpc) is 3.13. The lowest BCUT2D eigenvalue weighted by Crippen LogP contribution is -1.96. The maximum absolute atomic E-state index is 12.3. The van der Waals surface area contributed by atoms with Gasteiger partial charge in [0.15, 0.2) is 5.78 Å². The minimum absolute atomic E-state index is 0.0366. The molecule has 1 heterocycles. The van der Waals surface area contributed by atoms with Gasteiger partial charge in [-0.1, -0.05) is 46.9 Å². The highest BCUT2D eigenvalue weighted by molar-refractivity contribution is 6.49. The van der Waals surface area contributed by atoms with Gasteiger partial charge in [0.1, 0.15) is 11.5 Å². The maximum atomic E-state index is 12.3. The Morgan fingerprint density at radius 3 is 2.56 bits per heavy atom. The van der Waals surface area contributed by atoms with Crippen molar-refractivity contribution in [1.29, 1.82) is 0 Å². The van der Waals surface area contributed by atoms with Crippen LogP contribution >= 0.6 is 34.8 Å². The van der Waals surface area contributed by atoms with E-state index in [9.17, 15) is 14.9 Å². The number of carbonyl (C=O) groups is 1. The first-order valence-corrected chi connectivity index (χ1v) is 8.71. The molecule has 0 unspecified atom stereocenters. The zero-order valence-corrected chi connectivity index (χ0v) is 15.8. The van der Waals surface area contributed by atoms with E-state index in [1.165, 1.54) is 36.4 Å². The highest BCUT2D eigenvalue weighted by atomic mass is 35.5. The van der Waals surface area contributed by atoms with Crippen LogP contribution in [0.5, 0.6) is 0 Å². The third-order valence-corrected chi connectivity index (χ3v) is 4.96. The molecule has 5 nitrogen and oxygen atoms in total. The van der Waals surface area contributed by atoms with Crippen LogP contribution < -0.4 is 0 Å². The number of ketones is 1. The molecule has 0 aliphatic heterocycles. The van der Waals surface area contributed by atoms with Gasteiger partial charge in [0, 0.05) is 23.3 Å². The van der Waals surface area contributed by atoms with Crippen molar-refractivity contribution in [3.8, 4) is 11.3 Å². The molecule has 0 radical (unpaired) electrons. The molecule has 0 aliphatic carbocycles. The number of benzene rings is 2. The summed E-state index contributed by atoms with van der Waals surface area (Å²) in [7, 11) is 0. The van der Waals surface area contributed by atoms with E-state index in [1.807, 2.05) is 0 Å². The van der Waals surface area contributed by atoms with Crippen LogP contribution in [-0.4, -0.2) is 10.7 Å². The zero-order chi connectivity index (χ0) is 19.6. The van der Waals surface area contributed by atoms with E-state index >= 15 is 0 Å². The summed E-state index contributed by atoms with van der Waals surface area (Å²) in [5.74, 6) is 0.478. The number of nitrogens with zero attached hydrogens (tertiary/aromatic N) is 1. The van der Waals surface area contributed by atoms with Crippen molar-refractivity contribution in [2.75, 3.05) is 0 Å². The number of hydrogen-bond donors (Lipinski definition) is 0. The van der Waals surface area contributed by atoms with Gasteiger partial charge in [-0.2, -0.15) is 0 Å². The average molecular weight is 423 g/mol. The second-order valence-electron chi connectivity index (χ2n) is 5.43. The summed E-state index contributed by atoms with van der Waals surface area (Å²) in [5.41, 5.74) is 0.737. The molecule has 1 aromatic heterocycles. The summed E-state index contributed by atoms with van der Waals surface area (Å²) in [4.78, 5) is 22.7. The van der Waals surface area contributed by atoms with Gasteiger partial charge in [0.05, 0.1) is 20.0 Å². The molecule has 3 aromatic rings. The number of nitro benzene ring substituents is 1. The summed E-state index contributed by atoms with van der Waals surface area (Å²) in [6.07, 6.45) is 2.77. The summed E-state index contributed by atoms with van der Waals surface area (Å²) in [5, 5.41) is 11.3. The lowest BCUT2D eigenvalue weighted by Gasteiger charge is -2.03. The molecule has 0 saturated carbocycles. The lowest BCUT2D eigenvalue weighted by atomic mass is 10.1. The SMILES string of the molecule is O=C(C=Cc1ccc(-c2cccc([N+](=O)[O-])c2)o1)c1ccc(Cl)c(Cl)c1Cl. The van der Waals surface area contributed by atoms with Crippen molar-refractivity contribution in [2.24, 2.45) is 0 Å². The molecule has 0 bridgehead atoms. The van der Waals surface area contributed by atoms with Gasteiger partial charge in [0.25, 0.3) is 5.69 Å². The van der Waals surface area contributed by atoms with Crippen molar-refractivity contribution >= 4 is 52.3 Å². The first-order valence-electron chi connectivity index (χ1n) is 7.57. The van der Waals surface area contributed by atoms with E-state index in [-0.39, 0.29) is 32.1 Å². The van der Waals surface area contributed by atoms with Crippen molar-refractivity contribution in [3.05, 3.63) is 91.1 Å². The number of rotatable bonds is 5. The van der Waals surface area contributed by atoms with Crippen LogP contribution in [0.25, 0.3) is 17.4 Å². The fourth-order valence-electron chi connectivity index (χ4n) is 2.33. The number of halogens is 3. The molecule has 0 fully saturated rings. The Bertz CT molecular complexity index is 1070. The molecule has 0 atom stereocenters. The first-order chi connectivity index (χ1) is 12.9. The van der Waals surface area contributed by atoms with Crippen LogP contribution in [-0.2, 0) is 0 Å². The molecule has 136 valence electrons. The fourth-order valence-corrected chi connectivity index (χ4v) is 2.96. The van der Waals surface area contributed by atoms with Gasteiger partial charge < -0.3 is 4.42 Å². The van der Waals surface area contributed by atoms with Gasteiger partial charge in [0.2, 0.25) is 0 Å². The Morgan fingerprint density at radius 2 is 1.81 bits per heavy atom. The van der Waals surface area contributed by atoms with Crippen LogP contribution in [0.15, 0.2) is 59.0 Å². The largest absolute Gasteiger partial charge is 0.457 e. The molecule has 0 N–H and O–H groups in total. The molecule has 3 rings (SSSR count). The lowest BCUT2D eigenvalue weighted by molar-refractivity contribution is -0.384. The van der Waals surface area contributed by atoms with Crippen molar-refractivity contribution in [2.45, 2.75) is 0 Å². The molecule has 0 amide bonds. The third kappa shape index (κ3) is 4.22. The number of nitro groups is 1. The highest BCUT2D eigenvalue weighted by Gasteiger charge is 2.14. The fraction of sp³-hybridized carbons (Fsp3) is 0. The third-order valence-electron chi connectivity index (χ3n) is 3.67. The predicted octanol–water partition coefficient (Wildman–Crippen LogP) is 6.71. The Balaban J connectivity index is 1.82. The van der Waals surface area contributed by atoms with Crippen LogP contribution in [0.4, 0.5) is 5.69 Å². The second-order valence-corrected chi connectivity index (χ2v) is 6.59. The smallest absolute Gasteiger partial charge is 0.270 e. The Morgan fingerprint density at radius 1 is 1.04 bits per heavy atom.